The van der Waals surface area contributed by atoms with Gasteiger partial charge in [-0.25, -0.2) is 0 Å². The van der Waals surface area contributed by atoms with E-state index in [4.69, 9.17) is 4.43 Å². The van der Waals surface area contributed by atoms with Gasteiger partial charge in [0.15, 0.2) is 0 Å². The number of hydrogen-bond donors (Lipinski definition) is 0. The summed E-state index contributed by atoms with van der Waals surface area (Å²) in [5, 5.41) is 0. The minimum Gasteiger partial charge on any atom is -0.518 e. The van der Waals surface area contributed by atoms with E-state index in [0.29, 0.717) is 23.0 Å². The van der Waals surface area contributed by atoms with E-state index in [2.05, 4.69) is 60.6 Å². The van der Waals surface area contributed by atoms with Gasteiger partial charge >= 0.3 is 0 Å². The van der Waals surface area contributed by atoms with E-state index >= 15 is 0 Å². The number of carbonyl (C=O) groups is 2. The van der Waals surface area contributed by atoms with Crippen LogP contribution >= 0.6 is 0 Å². The number of amides is 1. The maximum Gasteiger partial charge on any atom is 0.296 e. The van der Waals surface area contributed by atoms with Gasteiger partial charge in [-0.2, -0.15) is 0 Å². The van der Waals surface area contributed by atoms with Gasteiger partial charge in [-0.1, -0.05) is 60.6 Å². The first-order chi connectivity index (χ1) is 12.7. The van der Waals surface area contributed by atoms with Crippen LogP contribution in [0.25, 0.3) is 0 Å². The van der Waals surface area contributed by atoms with E-state index in [1.165, 1.54) is 0 Å². The van der Waals surface area contributed by atoms with Crippen molar-refractivity contribution in [1.82, 2.24) is 4.90 Å². The zero-order valence-electron chi connectivity index (χ0n) is 18.3. The molecule has 2 rings (SSSR count). The molecule has 3 atom stereocenters. The molecule has 0 bridgehead atoms. The third kappa shape index (κ3) is 4.18. The van der Waals surface area contributed by atoms with Crippen LogP contribution < -0.4 is 0 Å². The monoisotopic (exact) mass is 393 g/mol. The van der Waals surface area contributed by atoms with Crippen molar-refractivity contribution in [1.29, 1.82) is 0 Å². The van der Waals surface area contributed by atoms with E-state index in [9.17, 15) is 9.59 Å². The van der Waals surface area contributed by atoms with Gasteiger partial charge in [0.25, 0.3) is 14.3 Å². The van der Waals surface area contributed by atoms with Crippen LogP contribution in [0, 0.1) is 11.8 Å². The number of hydrogen-bond acceptors (Lipinski definition) is 3. The smallest absolute Gasteiger partial charge is 0.296 e. The summed E-state index contributed by atoms with van der Waals surface area (Å²) < 4.78 is 6.51. The highest BCUT2D eigenvalue weighted by molar-refractivity contribution is 6.78. The number of carbonyl (C=O) groups excluding carboxylic acids is 2. The second-order valence-electron chi connectivity index (χ2n) is 9.24. The highest BCUT2D eigenvalue weighted by atomic mass is 28.4. The summed E-state index contributed by atoms with van der Waals surface area (Å²) in [6, 6.07) is 0.155. The van der Waals surface area contributed by atoms with Crippen molar-refractivity contribution in [2.45, 2.75) is 96.8 Å². The second kappa shape index (κ2) is 8.93. The van der Waals surface area contributed by atoms with Gasteiger partial charge in [-0.3, -0.25) is 9.59 Å². The van der Waals surface area contributed by atoms with Crippen molar-refractivity contribution in [3.8, 4) is 0 Å². The quantitative estimate of drug-likeness (QED) is 0.435. The first-order valence-corrected chi connectivity index (χ1v) is 13.0. The lowest BCUT2D eigenvalue weighted by Crippen LogP contribution is -2.51. The third-order valence-corrected chi connectivity index (χ3v) is 12.9. The third-order valence-electron chi connectivity index (χ3n) is 6.91. The van der Waals surface area contributed by atoms with Gasteiger partial charge < -0.3 is 9.33 Å². The van der Waals surface area contributed by atoms with Crippen molar-refractivity contribution in [3.63, 3.8) is 0 Å². The van der Waals surface area contributed by atoms with Gasteiger partial charge in [-0.15, -0.1) is 0 Å². The lowest BCUT2D eigenvalue weighted by molar-refractivity contribution is -0.143. The van der Waals surface area contributed by atoms with Gasteiger partial charge in [-0.05, 0) is 35.9 Å². The summed E-state index contributed by atoms with van der Waals surface area (Å²) in [5.74, 6) is 0.124. The van der Waals surface area contributed by atoms with Crippen LogP contribution in [0.4, 0.5) is 0 Å². The SMILES string of the molecule is CCC(C(=O)O[Si](C(C)C)(C(C)C)C(C)C)[C@H]1C=CCCN2C(=O)CC[C@@H]12. The zero-order valence-corrected chi connectivity index (χ0v) is 19.3. The fourth-order valence-corrected chi connectivity index (χ4v) is 10.9. The molecular formula is C22H39NO3Si. The first-order valence-electron chi connectivity index (χ1n) is 10.9. The van der Waals surface area contributed by atoms with Crippen LogP contribution in [0.1, 0.15) is 74.1 Å². The Morgan fingerprint density at radius 3 is 2.30 bits per heavy atom. The molecule has 1 fully saturated rings. The molecule has 27 heavy (non-hydrogen) atoms. The normalized spacial score (nSPS) is 24.5. The average molecular weight is 394 g/mol. The maximum atomic E-state index is 13.5. The Morgan fingerprint density at radius 1 is 1.19 bits per heavy atom. The van der Waals surface area contributed by atoms with Crippen LogP contribution in [-0.4, -0.2) is 37.7 Å². The highest BCUT2D eigenvalue weighted by Gasteiger charge is 2.50. The van der Waals surface area contributed by atoms with Crippen LogP contribution in [0.5, 0.6) is 0 Å². The first kappa shape index (κ1) is 22.2. The summed E-state index contributed by atoms with van der Waals surface area (Å²) in [5.41, 5.74) is 1.15. The largest absolute Gasteiger partial charge is 0.518 e. The Labute approximate surface area is 166 Å². The molecule has 0 N–H and O–H groups in total. The summed E-state index contributed by atoms with van der Waals surface area (Å²) in [7, 11) is -2.25. The number of nitrogens with zero attached hydrogens (tertiary/aromatic N) is 1. The molecular weight excluding hydrogens is 354 g/mol. The summed E-state index contributed by atoms with van der Waals surface area (Å²) in [4.78, 5) is 27.7. The molecule has 2 aliphatic rings. The van der Waals surface area contributed by atoms with E-state index in [1.807, 2.05) is 4.90 Å². The molecule has 5 heteroatoms. The lowest BCUT2D eigenvalue weighted by atomic mass is 9.83. The van der Waals surface area contributed by atoms with E-state index in [0.717, 1.165) is 25.8 Å². The van der Waals surface area contributed by atoms with Crippen LogP contribution in [-0.2, 0) is 14.0 Å². The van der Waals surface area contributed by atoms with Crippen molar-refractivity contribution in [3.05, 3.63) is 12.2 Å². The van der Waals surface area contributed by atoms with Gasteiger partial charge in [0.05, 0.1) is 5.92 Å². The van der Waals surface area contributed by atoms with Gasteiger partial charge in [0.2, 0.25) is 5.91 Å². The maximum absolute atomic E-state index is 13.5. The molecule has 0 aromatic carbocycles. The Bertz CT molecular complexity index is 548. The summed E-state index contributed by atoms with van der Waals surface area (Å²) in [6.45, 7) is 16.1. The predicted octanol–water partition coefficient (Wildman–Crippen LogP) is 5.30. The molecule has 0 aliphatic carbocycles. The molecule has 1 saturated heterocycles. The standard InChI is InChI=1S/C22H39NO3Si/c1-8-18(19-11-9-10-14-23-20(19)12-13-21(23)24)22(25)26-27(15(2)3,16(4)5)17(6)7/h9,11,15-20H,8,10,12-14H2,1-7H3/t18?,19-,20+/m1/s1. The Morgan fingerprint density at radius 2 is 1.78 bits per heavy atom. The highest BCUT2D eigenvalue weighted by Crippen LogP contribution is 2.44. The van der Waals surface area contributed by atoms with E-state index in [1.54, 1.807) is 0 Å². The molecule has 1 unspecified atom stereocenters. The molecule has 154 valence electrons. The zero-order chi connectivity index (χ0) is 20.4. The molecule has 0 spiro atoms. The van der Waals surface area contributed by atoms with Crippen molar-refractivity contribution < 1.29 is 14.0 Å². The number of fused-ring (bicyclic) bond motifs is 1. The van der Waals surface area contributed by atoms with E-state index in [-0.39, 0.29) is 29.8 Å². The molecule has 4 nitrogen and oxygen atoms in total. The van der Waals surface area contributed by atoms with Gasteiger partial charge in [0.1, 0.15) is 0 Å². The molecule has 0 radical (unpaired) electrons. The van der Waals surface area contributed by atoms with Gasteiger partial charge in [0, 0.05) is 24.9 Å². The van der Waals surface area contributed by atoms with E-state index < -0.39 is 8.32 Å². The number of rotatable bonds is 7. The van der Waals surface area contributed by atoms with Crippen LogP contribution in [0.15, 0.2) is 12.2 Å². The molecule has 0 aromatic heterocycles. The minimum absolute atomic E-state index is 0.0314. The van der Waals surface area contributed by atoms with Crippen molar-refractivity contribution >= 4 is 20.2 Å². The Balaban J connectivity index is 2.30. The Hall–Kier alpha value is -1.10. The second-order valence-corrected chi connectivity index (χ2v) is 14.6. The van der Waals surface area contributed by atoms with Crippen molar-refractivity contribution in [2.75, 3.05) is 6.54 Å². The predicted molar refractivity (Wildman–Crippen MR) is 113 cm³/mol. The van der Waals surface area contributed by atoms with Crippen LogP contribution in [0.2, 0.25) is 16.6 Å². The summed E-state index contributed by atoms with van der Waals surface area (Å²) >= 11 is 0. The molecule has 2 heterocycles. The summed E-state index contributed by atoms with van der Waals surface area (Å²) in [6.07, 6.45) is 7.46. The fourth-order valence-electron chi connectivity index (χ4n) is 5.64. The lowest BCUT2D eigenvalue weighted by Gasteiger charge is -2.43. The average Bonchev–Trinajstić information content (AvgIpc) is 2.82. The Kier molecular flexibility index (Phi) is 7.34. The molecule has 0 aromatic rings. The molecule has 1 amide bonds. The van der Waals surface area contributed by atoms with Crippen LogP contribution in [0.3, 0.4) is 0 Å². The molecule has 2 aliphatic heterocycles. The van der Waals surface area contributed by atoms with Crippen molar-refractivity contribution in [2.24, 2.45) is 11.8 Å². The molecule has 0 saturated carbocycles. The minimum atomic E-state index is -2.25. The topological polar surface area (TPSA) is 46.6 Å². The fraction of sp³-hybridized carbons (Fsp3) is 0.818.